The number of ether oxygens (including phenoxy) is 3. The van der Waals surface area contributed by atoms with Crippen LogP contribution in [0.3, 0.4) is 0 Å². The first-order chi connectivity index (χ1) is 27.0. The number of rotatable bonds is 41. The molecule has 0 aliphatic heterocycles. The molecule has 0 rings (SSSR count). The summed E-state index contributed by atoms with van der Waals surface area (Å²) in [6, 6.07) is 0. The van der Waals surface area contributed by atoms with Gasteiger partial charge in [0.2, 0.25) is 0 Å². The third-order valence-electron chi connectivity index (χ3n) is 9.78. The Labute approximate surface area is 339 Å². The Morgan fingerprint density at radius 2 is 0.673 bits per heavy atom. The molecule has 0 spiro atoms. The SMILES string of the molecule is CCCC/C=C\CCCCCCCC(=O)OC[C@@H](COC(=O)CCCCCCC/C=C\C/C=C\CCCCC)OC(=O)CCCCCCC/C=C\CCCC. The molecule has 6 heteroatoms. The first kappa shape index (κ1) is 52.4. The average Bonchev–Trinajstić information content (AvgIpc) is 3.18. The van der Waals surface area contributed by atoms with E-state index < -0.39 is 6.10 Å². The number of carbonyl (C=O) groups excluding carboxylic acids is 3. The fourth-order valence-corrected chi connectivity index (χ4v) is 6.20. The second-order valence-corrected chi connectivity index (χ2v) is 15.3. The van der Waals surface area contributed by atoms with E-state index in [0.29, 0.717) is 19.3 Å². The number of allylic oxidation sites excluding steroid dienone is 8. The van der Waals surface area contributed by atoms with Crippen molar-refractivity contribution in [3.63, 3.8) is 0 Å². The minimum Gasteiger partial charge on any atom is -0.462 e. The van der Waals surface area contributed by atoms with Crippen molar-refractivity contribution in [3.05, 3.63) is 48.6 Å². The van der Waals surface area contributed by atoms with Crippen molar-refractivity contribution in [1.82, 2.24) is 0 Å². The molecular weight excluding hydrogens is 685 g/mol. The lowest BCUT2D eigenvalue weighted by Gasteiger charge is -2.18. The lowest BCUT2D eigenvalue weighted by Crippen LogP contribution is -2.30. The molecule has 0 aromatic heterocycles. The van der Waals surface area contributed by atoms with Crippen LogP contribution in [0.2, 0.25) is 0 Å². The Bertz CT molecular complexity index is 980. The van der Waals surface area contributed by atoms with Crippen LogP contribution >= 0.6 is 0 Å². The summed E-state index contributed by atoms with van der Waals surface area (Å²) in [7, 11) is 0. The molecule has 0 saturated carbocycles. The summed E-state index contributed by atoms with van der Waals surface area (Å²) in [6.45, 7) is 6.50. The third-order valence-corrected chi connectivity index (χ3v) is 9.78. The van der Waals surface area contributed by atoms with Gasteiger partial charge in [-0.15, -0.1) is 0 Å². The number of carbonyl (C=O) groups is 3. The zero-order chi connectivity index (χ0) is 40.1. The van der Waals surface area contributed by atoms with Crippen LogP contribution in [-0.2, 0) is 28.6 Å². The van der Waals surface area contributed by atoms with Crippen LogP contribution in [-0.4, -0.2) is 37.2 Å². The Hall–Kier alpha value is -2.63. The zero-order valence-electron chi connectivity index (χ0n) is 36.2. The van der Waals surface area contributed by atoms with Crippen molar-refractivity contribution >= 4 is 17.9 Å². The predicted octanol–water partition coefficient (Wildman–Crippen LogP) is 14.8. The summed E-state index contributed by atoms with van der Waals surface area (Å²) in [5.74, 6) is -0.920. The van der Waals surface area contributed by atoms with E-state index in [1.807, 2.05) is 0 Å². The van der Waals surface area contributed by atoms with E-state index in [9.17, 15) is 14.4 Å². The van der Waals surface area contributed by atoms with Gasteiger partial charge in [0.1, 0.15) is 13.2 Å². The van der Waals surface area contributed by atoms with E-state index >= 15 is 0 Å². The van der Waals surface area contributed by atoms with Gasteiger partial charge in [-0.05, 0) is 89.9 Å². The second-order valence-electron chi connectivity index (χ2n) is 15.3. The highest BCUT2D eigenvalue weighted by Gasteiger charge is 2.19. The van der Waals surface area contributed by atoms with Crippen LogP contribution in [0.15, 0.2) is 48.6 Å². The number of hydrogen-bond acceptors (Lipinski definition) is 6. The lowest BCUT2D eigenvalue weighted by atomic mass is 10.1. The van der Waals surface area contributed by atoms with Crippen LogP contribution in [0.25, 0.3) is 0 Å². The molecule has 0 aromatic rings. The van der Waals surface area contributed by atoms with E-state index in [1.165, 1.54) is 89.9 Å². The Morgan fingerprint density at radius 1 is 0.364 bits per heavy atom. The molecule has 6 nitrogen and oxygen atoms in total. The summed E-state index contributed by atoms with van der Waals surface area (Å²) < 4.78 is 16.7. The van der Waals surface area contributed by atoms with Gasteiger partial charge in [-0.2, -0.15) is 0 Å². The normalized spacial score (nSPS) is 12.4. The number of hydrogen-bond donors (Lipinski definition) is 0. The van der Waals surface area contributed by atoms with Gasteiger partial charge in [0.25, 0.3) is 0 Å². The largest absolute Gasteiger partial charge is 0.462 e. The van der Waals surface area contributed by atoms with Crippen molar-refractivity contribution in [2.45, 2.75) is 232 Å². The molecular formula is C49H86O6. The topological polar surface area (TPSA) is 78.9 Å². The van der Waals surface area contributed by atoms with E-state index in [0.717, 1.165) is 96.3 Å². The van der Waals surface area contributed by atoms with Gasteiger partial charge in [0.05, 0.1) is 0 Å². The molecule has 55 heavy (non-hydrogen) atoms. The highest BCUT2D eigenvalue weighted by Crippen LogP contribution is 2.13. The molecule has 0 unspecified atom stereocenters. The van der Waals surface area contributed by atoms with Crippen LogP contribution in [0.1, 0.15) is 226 Å². The van der Waals surface area contributed by atoms with Gasteiger partial charge >= 0.3 is 17.9 Å². The quantitative estimate of drug-likeness (QED) is 0.0267. The molecule has 0 fully saturated rings. The summed E-state index contributed by atoms with van der Waals surface area (Å²) in [4.78, 5) is 37.7. The molecule has 0 N–H and O–H groups in total. The second kappa shape index (κ2) is 44.1. The average molecular weight is 771 g/mol. The van der Waals surface area contributed by atoms with E-state index in [-0.39, 0.29) is 31.1 Å². The van der Waals surface area contributed by atoms with Gasteiger partial charge in [-0.25, -0.2) is 0 Å². The fourth-order valence-electron chi connectivity index (χ4n) is 6.20. The summed E-state index contributed by atoms with van der Waals surface area (Å²) in [5.41, 5.74) is 0. The van der Waals surface area contributed by atoms with E-state index in [2.05, 4.69) is 69.4 Å². The van der Waals surface area contributed by atoms with Crippen LogP contribution < -0.4 is 0 Å². The van der Waals surface area contributed by atoms with Gasteiger partial charge in [-0.3, -0.25) is 14.4 Å². The molecule has 0 aliphatic carbocycles. The van der Waals surface area contributed by atoms with Crippen LogP contribution in [0.5, 0.6) is 0 Å². The molecule has 0 bridgehead atoms. The maximum atomic E-state index is 12.7. The van der Waals surface area contributed by atoms with E-state index in [4.69, 9.17) is 14.2 Å². The summed E-state index contributed by atoms with van der Waals surface area (Å²) in [6.07, 6.45) is 50.9. The molecule has 0 heterocycles. The summed E-state index contributed by atoms with van der Waals surface area (Å²) >= 11 is 0. The molecule has 0 radical (unpaired) electrons. The lowest BCUT2D eigenvalue weighted by molar-refractivity contribution is -0.167. The molecule has 318 valence electrons. The molecule has 0 aliphatic rings. The van der Waals surface area contributed by atoms with Crippen molar-refractivity contribution in [3.8, 4) is 0 Å². The minimum absolute atomic E-state index is 0.0856. The van der Waals surface area contributed by atoms with Crippen LogP contribution in [0, 0.1) is 0 Å². The standard InChI is InChI=1S/C49H86O6/c1-4-7-10-13-16-19-22-23-24-25-28-30-33-36-39-42-48(51)54-45-46(55-49(52)43-40-37-34-31-27-21-18-15-12-9-6-3)44-53-47(50)41-38-35-32-29-26-20-17-14-11-8-5-2/h14-19,23-24,46H,4-13,20-22,25-45H2,1-3H3/b17-14-,18-15-,19-16-,24-23-/t46-/m0/s1. The highest BCUT2D eigenvalue weighted by atomic mass is 16.6. The van der Waals surface area contributed by atoms with Gasteiger partial charge in [0.15, 0.2) is 6.10 Å². The van der Waals surface area contributed by atoms with Gasteiger partial charge < -0.3 is 14.2 Å². The molecule has 0 saturated heterocycles. The first-order valence-corrected chi connectivity index (χ1v) is 23.1. The van der Waals surface area contributed by atoms with Gasteiger partial charge in [-0.1, -0.05) is 166 Å². The smallest absolute Gasteiger partial charge is 0.306 e. The predicted molar refractivity (Wildman–Crippen MR) is 233 cm³/mol. The van der Waals surface area contributed by atoms with Crippen LogP contribution in [0.4, 0.5) is 0 Å². The maximum absolute atomic E-state index is 12.7. The molecule has 0 aromatic carbocycles. The van der Waals surface area contributed by atoms with Crippen molar-refractivity contribution in [1.29, 1.82) is 0 Å². The maximum Gasteiger partial charge on any atom is 0.306 e. The third kappa shape index (κ3) is 42.4. The number of unbranched alkanes of at least 4 members (excludes halogenated alkanes) is 22. The minimum atomic E-state index is -0.783. The first-order valence-electron chi connectivity index (χ1n) is 23.1. The molecule has 1 atom stereocenters. The van der Waals surface area contributed by atoms with Crippen molar-refractivity contribution in [2.75, 3.05) is 13.2 Å². The Balaban J connectivity index is 4.40. The van der Waals surface area contributed by atoms with Gasteiger partial charge in [0, 0.05) is 19.3 Å². The zero-order valence-corrected chi connectivity index (χ0v) is 36.2. The van der Waals surface area contributed by atoms with E-state index in [1.54, 1.807) is 0 Å². The number of esters is 3. The molecule has 0 amide bonds. The highest BCUT2D eigenvalue weighted by molar-refractivity contribution is 5.71. The van der Waals surface area contributed by atoms with Crippen molar-refractivity contribution < 1.29 is 28.6 Å². The fraction of sp³-hybridized carbons (Fsp3) is 0.776. The Kier molecular flexibility index (Phi) is 42.0. The monoisotopic (exact) mass is 771 g/mol. The van der Waals surface area contributed by atoms with Crippen molar-refractivity contribution in [2.24, 2.45) is 0 Å². The Morgan fingerprint density at radius 3 is 1.07 bits per heavy atom. The summed E-state index contributed by atoms with van der Waals surface area (Å²) in [5, 5.41) is 0.